The van der Waals surface area contributed by atoms with Crippen LogP contribution < -0.4 is 11.1 Å². The summed E-state index contributed by atoms with van der Waals surface area (Å²) < 4.78 is 5.04. The van der Waals surface area contributed by atoms with Crippen LogP contribution in [0.15, 0.2) is 6.07 Å². The number of anilines is 2. The summed E-state index contributed by atoms with van der Waals surface area (Å²) in [5.74, 6) is 2.11. The maximum absolute atomic E-state index is 5.75. The molecule has 0 saturated carbocycles. The van der Waals surface area contributed by atoms with Crippen molar-refractivity contribution in [2.24, 2.45) is 0 Å². The zero-order chi connectivity index (χ0) is 12.7. The lowest BCUT2D eigenvalue weighted by Gasteiger charge is -2.14. The second-order valence-corrected chi connectivity index (χ2v) is 4.17. The summed E-state index contributed by atoms with van der Waals surface area (Å²) in [7, 11) is 1.70. The third-order valence-corrected chi connectivity index (χ3v) is 2.42. The van der Waals surface area contributed by atoms with E-state index >= 15 is 0 Å². The molecule has 0 aliphatic heterocycles. The van der Waals surface area contributed by atoms with Crippen LogP contribution in [-0.2, 0) is 11.2 Å². The van der Waals surface area contributed by atoms with E-state index in [1.807, 2.05) is 0 Å². The van der Waals surface area contributed by atoms with Gasteiger partial charge in [0.25, 0.3) is 0 Å². The predicted octanol–water partition coefficient (Wildman–Crippen LogP) is 1.85. The summed E-state index contributed by atoms with van der Waals surface area (Å²) in [5.41, 5.74) is 5.75. The van der Waals surface area contributed by atoms with Crippen LogP contribution in [0.4, 0.5) is 11.6 Å². The molecule has 1 aromatic rings. The number of hydrogen-bond acceptors (Lipinski definition) is 5. The number of nitrogen functional groups attached to an aromatic ring is 1. The fourth-order valence-corrected chi connectivity index (χ4v) is 1.55. The number of methoxy groups -OCH3 is 1. The van der Waals surface area contributed by atoms with Gasteiger partial charge in [0.2, 0.25) is 0 Å². The lowest BCUT2D eigenvalue weighted by Crippen LogP contribution is -2.18. The summed E-state index contributed by atoms with van der Waals surface area (Å²) in [6.45, 7) is 4.92. The predicted molar refractivity (Wildman–Crippen MR) is 70.0 cm³/mol. The van der Waals surface area contributed by atoms with Gasteiger partial charge in [-0.3, -0.25) is 0 Å². The van der Waals surface area contributed by atoms with Gasteiger partial charge in [0, 0.05) is 32.2 Å². The van der Waals surface area contributed by atoms with Crippen LogP contribution in [0.5, 0.6) is 0 Å². The van der Waals surface area contributed by atoms with Crippen molar-refractivity contribution in [1.82, 2.24) is 9.97 Å². The highest BCUT2D eigenvalue weighted by atomic mass is 16.5. The molecule has 1 aromatic heterocycles. The van der Waals surface area contributed by atoms with Crippen molar-refractivity contribution in [2.45, 2.75) is 39.2 Å². The van der Waals surface area contributed by atoms with Crippen LogP contribution in [0, 0.1) is 0 Å². The number of aryl methyl sites for hydroxylation is 1. The molecule has 3 N–H and O–H groups in total. The SMILES string of the molecule is CCCc1nc(N)cc(NC(C)CCOC)n1. The molecule has 5 nitrogen and oxygen atoms in total. The Hall–Kier alpha value is -1.36. The minimum absolute atomic E-state index is 0.304. The number of nitrogens with two attached hydrogens (primary N) is 1. The van der Waals surface area contributed by atoms with Gasteiger partial charge >= 0.3 is 0 Å². The molecule has 1 atom stereocenters. The van der Waals surface area contributed by atoms with E-state index in [0.717, 1.165) is 37.5 Å². The summed E-state index contributed by atoms with van der Waals surface area (Å²) in [6, 6.07) is 2.07. The Bertz CT molecular complexity index is 343. The number of nitrogens with one attached hydrogen (secondary N) is 1. The van der Waals surface area contributed by atoms with E-state index in [-0.39, 0.29) is 0 Å². The van der Waals surface area contributed by atoms with Crippen molar-refractivity contribution in [3.8, 4) is 0 Å². The molecule has 0 spiro atoms. The lowest BCUT2D eigenvalue weighted by atomic mass is 10.2. The van der Waals surface area contributed by atoms with E-state index in [9.17, 15) is 0 Å². The fraction of sp³-hybridized carbons (Fsp3) is 0.667. The summed E-state index contributed by atoms with van der Waals surface area (Å²) in [5, 5.41) is 3.31. The Balaban J connectivity index is 2.63. The third-order valence-electron chi connectivity index (χ3n) is 2.42. The van der Waals surface area contributed by atoms with Gasteiger partial charge in [0.1, 0.15) is 17.5 Å². The van der Waals surface area contributed by atoms with Gasteiger partial charge < -0.3 is 15.8 Å². The topological polar surface area (TPSA) is 73.1 Å². The molecule has 0 aliphatic carbocycles. The first-order chi connectivity index (χ1) is 8.15. The molecule has 0 amide bonds. The van der Waals surface area contributed by atoms with Crippen molar-refractivity contribution < 1.29 is 4.74 Å². The quantitative estimate of drug-likeness (QED) is 0.758. The van der Waals surface area contributed by atoms with Gasteiger partial charge in [0.05, 0.1) is 0 Å². The van der Waals surface area contributed by atoms with E-state index in [0.29, 0.717) is 11.9 Å². The average molecular weight is 238 g/mol. The number of ether oxygens (including phenoxy) is 1. The number of rotatable bonds is 7. The van der Waals surface area contributed by atoms with E-state index in [1.54, 1.807) is 13.2 Å². The van der Waals surface area contributed by atoms with E-state index < -0.39 is 0 Å². The van der Waals surface area contributed by atoms with Crippen molar-refractivity contribution in [2.75, 3.05) is 24.8 Å². The molecule has 96 valence electrons. The number of nitrogens with zero attached hydrogens (tertiary/aromatic N) is 2. The Labute approximate surface area is 103 Å². The molecule has 1 unspecified atom stereocenters. The molecule has 0 saturated heterocycles. The Kier molecular flexibility index (Phi) is 5.69. The third kappa shape index (κ3) is 4.99. The molecule has 5 heteroatoms. The van der Waals surface area contributed by atoms with Crippen LogP contribution in [0.1, 0.15) is 32.5 Å². The van der Waals surface area contributed by atoms with Gasteiger partial charge in [0.15, 0.2) is 0 Å². The van der Waals surface area contributed by atoms with Crippen molar-refractivity contribution in [3.63, 3.8) is 0 Å². The number of aromatic nitrogens is 2. The summed E-state index contributed by atoms with van der Waals surface area (Å²) in [4.78, 5) is 8.62. The molecule has 17 heavy (non-hydrogen) atoms. The van der Waals surface area contributed by atoms with Crippen LogP contribution in [0.2, 0.25) is 0 Å². The van der Waals surface area contributed by atoms with Crippen molar-refractivity contribution >= 4 is 11.6 Å². The maximum Gasteiger partial charge on any atom is 0.133 e. The largest absolute Gasteiger partial charge is 0.385 e. The minimum atomic E-state index is 0.304. The molecular weight excluding hydrogens is 216 g/mol. The fourth-order valence-electron chi connectivity index (χ4n) is 1.55. The zero-order valence-corrected chi connectivity index (χ0v) is 10.9. The van der Waals surface area contributed by atoms with E-state index in [4.69, 9.17) is 10.5 Å². The van der Waals surface area contributed by atoms with Gasteiger partial charge in [-0.2, -0.15) is 0 Å². The van der Waals surface area contributed by atoms with Crippen LogP contribution >= 0.6 is 0 Å². The van der Waals surface area contributed by atoms with Crippen LogP contribution in [0.25, 0.3) is 0 Å². The zero-order valence-electron chi connectivity index (χ0n) is 10.9. The van der Waals surface area contributed by atoms with E-state index in [1.165, 1.54) is 0 Å². The Morgan fingerprint density at radius 2 is 2.24 bits per heavy atom. The first kappa shape index (κ1) is 13.7. The number of hydrogen-bond donors (Lipinski definition) is 2. The second kappa shape index (κ2) is 7.06. The van der Waals surface area contributed by atoms with Gasteiger partial charge in [-0.05, 0) is 19.8 Å². The summed E-state index contributed by atoms with van der Waals surface area (Å²) >= 11 is 0. The van der Waals surface area contributed by atoms with Crippen LogP contribution in [0.3, 0.4) is 0 Å². The first-order valence-corrected chi connectivity index (χ1v) is 6.04. The summed E-state index contributed by atoms with van der Waals surface area (Å²) in [6.07, 6.45) is 2.80. The highest BCUT2D eigenvalue weighted by molar-refractivity contribution is 5.45. The van der Waals surface area contributed by atoms with Crippen molar-refractivity contribution in [3.05, 3.63) is 11.9 Å². The smallest absolute Gasteiger partial charge is 0.133 e. The lowest BCUT2D eigenvalue weighted by molar-refractivity contribution is 0.191. The molecule has 1 rings (SSSR count). The standard InChI is InChI=1S/C12H22N4O/c1-4-5-11-15-10(13)8-12(16-11)14-9(2)6-7-17-3/h8-9H,4-7H2,1-3H3,(H3,13,14,15,16). The molecule has 0 fully saturated rings. The minimum Gasteiger partial charge on any atom is -0.385 e. The van der Waals surface area contributed by atoms with Gasteiger partial charge in [-0.15, -0.1) is 0 Å². The Morgan fingerprint density at radius 1 is 1.47 bits per heavy atom. The maximum atomic E-state index is 5.75. The first-order valence-electron chi connectivity index (χ1n) is 6.04. The Morgan fingerprint density at radius 3 is 2.88 bits per heavy atom. The molecule has 1 heterocycles. The molecule has 0 radical (unpaired) electrons. The van der Waals surface area contributed by atoms with Crippen molar-refractivity contribution in [1.29, 1.82) is 0 Å². The highest BCUT2D eigenvalue weighted by Crippen LogP contribution is 2.11. The molecule has 0 aromatic carbocycles. The monoisotopic (exact) mass is 238 g/mol. The van der Waals surface area contributed by atoms with Gasteiger partial charge in [-0.1, -0.05) is 6.92 Å². The van der Waals surface area contributed by atoms with Crippen LogP contribution in [-0.4, -0.2) is 29.7 Å². The molecule has 0 bridgehead atoms. The van der Waals surface area contributed by atoms with E-state index in [2.05, 4.69) is 29.1 Å². The average Bonchev–Trinajstić information content (AvgIpc) is 2.26. The highest BCUT2D eigenvalue weighted by Gasteiger charge is 2.05. The van der Waals surface area contributed by atoms with Gasteiger partial charge in [-0.25, -0.2) is 9.97 Å². The normalized spacial score (nSPS) is 12.4. The molecular formula is C12H22N4O. The molecule has 0 aliphatic rings. The second-order valence-electron chi connectivity index (χ2n) is 4.17.